The van der Waals surface area contributed by atoms with Crippen LogP contribution in [0, 0.1) is 5.39 Å². The smallest absolute Gasteiger partial charge is 0.278 e. The molecular weight excluding hydrogens is 140 g/mol. The van der Waals surface area contributed by atoms with Crippen LogP contribution in [-0.2, 0) is 0 Å². The number of nitrogens with one attached hydrogen (secondary N) is 1. The van der Waals surface area contributed by atoms with Crippen molar-refractivity contribution in [1.82, 2.24) is 10.2 Å². The summed E-state index contributed by atoms with van der Waals surface area (Å²) in [6, 6.07) is 5.27. The minimum atomic E-state index is 0.541. The van der Waals surface area contributed by atoms with E-state index in [1.54, 1.807) is 18.3 Å². The van der Waals surface area contributed by atoms with Crippen molar-refractivity contribution in [1.29, 1.82) is 5.39 Å². The van der Waals surface area contributed by atoms with Gasteiger partial charge >= 0.3 is 5.69 Å². The van der Waals surface area contributed by atoms with Crippen LogP contribution in [0.2, 0.25) is 0 Å². The number of benzene rings is 1. The third-order valence-corrected chi connectivity index (χ3v) is 1.54. The van der Waals surface area contributed by atoms with Gasteiger partial charge in [-0.25, -0.2) is 0 Å². The predicted octanol–water partition coefficient (Wildman–Crippen LogP) is 2.05. The zero-order valence-corrected chi connectivity index (χ0v) is 5.65. The average Bonchev–Trinajstić information content (AvgIpc) is 2.50. The van der Waals surface area contributed by atoms with Gasteiger partial charge in [-0.1, -0.05) is 0 Å². The van der Waals surface area contributed by atoms with Crippen molar-refractivity contribution < 1.29 is 0 Å². The second-order valence-electron chi connectivity index (χ2n) is 2.24. The van der Waals surface area contributed by atoms with E-state index in [0.717, 1.165) is 10.9 Å². The van der Waals surface area contributed by atoms with E-state index in [1.165, 1.54) is 0 Å². The largest absolute Gasteiger partial charge is 0.385 e. The first-order valence-electron chi connectivity index (χ1n) is 3.18. The number of nitrogens with zero attached hydrogens (tertiary/aromatic N) is 3. The normalized spacial score (nSPS) is 9.73. The molecule has 0 saturated heterocycles. The highest BCUT2D eigenvalue weighted by Crippen LogP contribution is 2.18. The summed E-state index contributed by atoms with van der Waals surface area (Å²) in [4.78, 5) is 3.06. The molecule has 0 atom stereocenters. The minimum absolute atomic E-state index is 0.541. The highest BCUT2D eigenvalue weighted by molar-refractivity contribution is 5.81. The summed E-state index contributed by atoms with van der Waals surface area (Å²) >= 11 is 0. The fraction of sp³-hybridized carbons (Fsp3) is 0. The van der Waals surface area contributed by atoms with E-state index < -0.39 is 0 Å². The summed E-state index contributed by atoms with van der Waals surface area (Å²) in [7, 11) is 0. The zero-order valence-electron chi connectivity index (χ0n) is 5.65. The number of aromatic amines is 1. The number of aromatic nitrogens is 2. The third kappa shape index (κ3) is 0.829. The molecular formula is C7H5N4+. The summed E-state index contributed by atoms with van der Waals surface area (Å²) < 4.78 is 0. The van der Waals surface area contributed by atoms with Crippen LogP contribution in [0.15, 0.2) is 24.4 Å². The highest BCUT2D eigenvalue weighted by atomic mass is 15.1. The van der Waals surface area contributed by atoms with Crippen LogP contribution >= 0.6 is 0 Å². The van der Waals surface area contributed by atoms with Crippen LogP contribution in [0.5, 0.6) is 0 Å². The molecule has 11 heavy (non-hydrogen) atoms. The second-order valence-corrected chi connectivity index (χ2v) is 2.24. The molecule has 4 heteroatoms. The van der Waals surface area contributed by atoms with Gasteiger partial charge in [0.25, 0.3) is 0 Å². The molecule has 2 rings (SSSR count). The van der Waals surface area contributed by atoms with E-state index in [4.69, 9.17) is 5.39 Å². The van der Waals surface area contributed by atoms with E-state index in [2.05, 4.69) is 15.2 Å². The van der Waals surface area contributed by atoms with Crippen molar-refractivity contribution in [2.75, 3.05) is 0 Å². The van der Waals surface area contributed by atoms with E-state index >= 15 is 0 Å². The van der Waals surface area contributed by atoms with Gasteiger partial charge in [0.05, 0.1) is 11.7 Å². The Labute approximate surface area is 62.5 Å². The maximum absolute atomic E-state index is 8.43. The highest BCUT2D eigenvalue weighted by Gasteiger charge is 2.04. The van der Waals surface area contributed by atoms with Crippen LogP contribution in [0.4, 0.5) is 5.69 Å². The Balaban J connectivity index is 2.79. The summed E-state index contributed by atoms with van der Waals surface area (Å²) in [5.74, 6) is 0. The fourth-order valence-corrected chi connectivity index (χ4v) is 0.992. The molecule has 0 aliphatic rings. The molecule has 4 nitrogen and oxygen atoms in total. The lowest BCUT2D eigenvalue weighted by Crippen LogP contribution is -1.65. The van der Waals surface area contributed by atoms with Crippen molar-refractivity contribution in [2.24, 2.45) is 0 Å². The molecule has 52 valence electrons. The topological polar surface area (TPSA) is 56.8 Å². The standard InChI is InChI=1S/C7H5N4/c8-10-6-1-2-7-5(3-6)4-9-11-7/h1-4H,(H,9,11)/q+1. The van der Waals surface area contributed by atoms with Gasteiger partial charge in [0.2, 0.25) is 5.39 Å². The van der Waals surface area contributed by atoms with Gasteiger partial charge in [0.1, 0.15) is 0 Å². The van der Waals surface area contributed by atoms with Crippen LogP contribution in [0.25, 0.3) is 15.9 Å². The van der Waals surface area contributed by atoms with Crippen LogP contribution in [-0.4, -0.2) is 10.2 Å². The molecule has 0 aliphatic heterocycles. The maximum Gasteiger partial charge on any atom is 0.385 e. The number of fused-ring (bicyclic) bond motifs is 1. The van der Waals surface area contributed by atoms with Gasteiger partial charge in [-0.15, -0.1) is 0 Å². The van der Waals surface area contributed by atoms with Crippen molar-refractivity contribution in [3.05, 3.63) is 29.4 Å². The van der Waals surface area contributed by atoms with Crippen LogP contribution < -0.4 is 0 Å². The summed E-state index contributed by atoms with van der Waals surface area (Å²) in [5, 5.41) is 16.0. The summed E-state index contributed by atoms with van der Waals surface area (Å²) in [6.07, 6.45) is 1.68. The third-order valence-electron chi connectivity index (χ3n) is 1.54. The molecule has 0 amide bonds. The molecule has 0 radical (unpaired) electrons. The minimum Gasteiger partial charge on any atom is -0.278 e. The SMILES string of the molecule is N#[N+]c1ccc2[nH]ncc2c1. The Morgan fingerprint density at radius 3 is 3.18 bits per heavy atom. The Hall–Kier alpha value is -1.89. The molecule has 0 bridgehead atoms. The van der Waals surface area contributed by atoms with Gasteiger partial charge < -0.3 is 0 Å². The van der Waals surface area contributed by atoms with Crippen molar-refractivity contribution in [2.45, 2.75) is 0 Å². The van der Waals surface area contributed by atoms with Crippen LogP contribution in [0.3, 0.4) is 0 Å². The zero-order chi connectivity index (χ0) is 7.68. The molecule has 0 unspecified atom stereocenters. The first-order valence-corrected chi connectivity index (χ1v) is 3.18. The molecule has 0 spiro atoms. The molecule has 1 N–H and O–H groups in total. The van der Waals surface area contributed by atoms with E-state index in [1.807, 2.05) is 6.07 Å². The van der Waals surface area contributed by atoms with Gasteiger partial charge in [0.15, 0.2) is 4.98 Å². The van der Waals surface area contributed by atoms with E-state index in [-0.39, 0.29) is 0 Å². The van der Waals surface area contributed by atoms with Gasteiger partial charge in [0, 0.05) is 17.5 Å². The number of hydrogen-bond donors (Lipinski definition) is 1. The lowest BCUT2D eigenvalue weighted by Gasteiger charge is -1.80. The number of rotatable bonds is 0. The molecule has 1 aromatic carbocycles. The van der Waals surface area contributed by atoms with Crippen molar-refractivity contribution in [3.8, 4) is 0 Å². The monoisotopic (exact) mass is 145 g/mol. The van der Waals surface area contributed by atoms with Crippen molar-refractivity contribution >= 4 is 16.6 Å². The summed E-state index contributed by atoms with van der Waals surface area (Å²) in [5.41, 5.74) is 1.48. The van der Waals surface area contributed by atoms with Gasteiger partial charge in [-0.05, 0) is 6.07 Å². The van der Waals surface area contributed by atoms with Crippen molar-refractivity contribution in [3.63, 3.8) is 0 Å². The molecule has 0 aliphatic carbocycles. The quantitative estimate of drug-likeness (QED) is 0.576. The van der Waals surface area contributed by atoms with Gasteiger partial charge in [-0.2, -0.15) is 5.10 Å². The van der Waals surface area contributed by atoms with Crippen LogP contribution in [0.1, 0.15) is 0 Å². The Morgan fingerprint density at radius 1 is 1.45 bits per heavy atom. The Bertz CT molecular complexity index is 423. The second kappa shape index (κ2) is 2.06. The predicted molar refractivity (Wildman–Crippen MR) is 40.8 cm³/mol. The maximum atomic E-state index is 8.43. The Kier molecular flexibility index (Phi) is 1.10. The molecule has 1 aromatic heterocycles. The average molecular weight is 145 g/mol. The Morgan fingerprint density at radius 2 is 2.36 bits per heavy atom. The lowest BCUT2D eigenvalue weighted by atomic mass is 10.2. The molecule has 2 aromatic rings. The molecule has 0 fully saturated rings. The van der Waals surface area contributed by atoms with E-state index in [9.17, 15) is 0 Å². The number of hydrogen-bond acceptors (Lipinski definition) is 2. The molecule has 1 heterocycles. The number of diazo groups is 1. The van der Waals surface area contributed by atoms with Gasteiger partial charge in [-0.3, -0.25) is 5.10 Å². The lowest BCUT2D eigenvalue weighted by molar-refractivity contribution is 1.12. The first-order chi connectivity index (χ1) is 5.40. The number of H-pyrrole nitrogens is 1. The first kappa shape index (κ1) is 5.86. The fourth-order valence-electron chi connectivity index (χ4n) is 0.992. The van der Waals surface area contributed by atoms with E-state index in [0.29, 0.717) is 5.69 Å². The summed E-state index contributed by atoms with van der Waals surface area (Å²) in [6.45, 7) is 0. The molecule has 0 saturated carbocycles.